The molecule has 0 aliphatic rings. The maximum atomic E-state index is 11.6. The second kappa shape index (κ2) is 4.64. The van der Waals surface area contributed by atoms with Crippen molar-refractivity contribution in [3.8, 4) is 11.6 Å². The van der Waals surface area contributed by atoms with E-state index < -0.39 is 9.05 Å². The summed E-state index contributed by atoms with van der Waals surface area (Å²) in [6.45, 7) is 5.26. The van der Waals surface area contributed by atoms with E-state index in [2.05, 4.69) is 10.2 Å². The maximum Gasteiger partial charge on any atom is 0.264 e. The summed E-state index contributed by atoms with van der Waals surface area (Å²) in [4.78, 5) is 0.0999. The van der Waals surface area contributed by atoms with Gasteiger partial charge < -0.3 is 8.98 Å². The minimum Gasteiger partial charge on any atom is -0.419 e. The molecule has 8 heteroatoms. The molecule has 0 saturated heterocycles. The summed E-state index contributed by atoms with van der Waals surface area (Å²) in [7, 11) is 3.39. The number of nitrogens with zero attached hydrogens (tertiary/aromatic N) is 3. The summed E-state index contributed by atoms with van der Waals surface area (Å²) < 4.78 is 30.4. The zero-order valence-electron chi connectivity index (χ0n) is 11.1. The highest BCUT2D eigenvalue weighted by atomic mass is 35.7. The van der Waals surface area contributed by atoms with E-state index in [1.807, 2.05) is 6.92 Å². The van der Waals surface area contributed by atoms with Gasteiger partial charge in [-0.05, 0) is 13.8 Å². The second-order valence-electron chi connectivity index (χ2n) is 4.24. The van der Waals surface area contributed by atoms with Crippen LogP contribution in [0, 0.1) is 13.8 Å². The van der Waals surface area contributed by atoms with Gasteiger partial charge in [0, 0.05) is 35.4 Å². The van der Waals surface area contributed by atoms with Crippen molar-refractivity contribution in [2.75, 3.05) is 0 Å². The van der Waals surface area contributed by atoms with Crippen molar-refractivity contribution < 1.29 is 12.8 Å². The zero-order chi connectivity index (χ0) is 14.4. The minimum atomic E-state index is -3.81. The molecular weight excluding hydrogens is 290 g/mol. The topological polar surface area (TPSA) is 78.0 Å². The molecule has 0 aliphatic carbocycles. The minimum absolute atomic E-state index is 0.0999. The molecule has 0 spiro atoms. The van der Waals surface area contributed by atoms with Crippen LogP contribution in [-0.2, 0) is 22.5 Å². The predicted octanol–water partition coefficient (Wildman–Crippen LogP) is 2.18. The summed E-state index contributed by atoms with van der Waals surface area (Å²) in [6, 6.07) is 0. The average molecular weight is 304 g/mol. The molecule has 0 unspecified atom stereocenters. The number of halogens is 1. The molecule has 2 aromatic rings. The maximum absolute atomic E-state index is 11.6. The molecule has 0 radical (unpaired) electrons. The highest BCUT2D eigenvalue weighted by Crippen LogP contribution is 2.33. The van der Waals surface area contributed by atoms with E-state index >= 15 is 0 Å². The van der Waals surface area contributed by atoms with Gasteiger partial charge in [0.25, 0.3) is 14.9 Å². The molecule has 0 aliphatic heterocycles. The summed E-state index contributed by atoms with van der Waals surface area (Å²) in [6.07, 6.45) is 0.621. The van der Waals surface area contributed by atoms with E-state index in [0.717, 1.165) is 0 Å². The lowest BCUT2D eigenvalue weighted by Crippen LogP contribution is -1.97. The van der Waals surface area contributed by atoms with E-state index in [9.17, 15) is 8.42 Å². The van der Waals surface area contributed by atoms with Crippen LogP contribution in [0.4, 0.5) is 0 Å². The van der Waals surface area contributed by atoms with Gasteiger partial charge in [-0.1, -0.05) is 6.92 Å². The normalized spacial score (nSPS) is 12.1. The van der Waals surface area contributed by atoms with Crippen LogP contribution in [0.1, 0.15) is 24.1 Å². The Morgan fingerprint density at radius 2 is 1.95 bits per heavy atom. The van der Waals surface area contributed by atoms with Crippen LogP contribution in [0.25, 0.3) is 11.6 Å². The van der Waals surface area contributed by atoms with Gasteiger partial charge in [-0.25, -0.2) is 8.42 Å². The summed E-state index contributed by atoms with van der Waals surface area (Å²) >= 11 is 0. The van der Waals surface area contributed by atoms with Crippen molar-refractivity contribution >= 4 is 19.7 Å². The van der Waals surface area contributed by atoms with Gasteiger partial charge in [-0.15, -0.1) is 10.2 Å². The third-order valence-electron chi connectivity index (χ3n) is 3.08. The smallest absolute Gasteiger partial charge is 0.264 e. The SMILES string of the molecule is CCc1nnc(-c2c(C)c(S(=O)(=O)Cl)c(C)n2C)o1. The lowest BCUT2D eigenvalue weighted by Gasteiger charge is -2.00. The Balaban J connectivity index is 2.72. The molecule has 2 aromatic heterocycles. The fourth-order valence-corrected chi connectivity index (χ4v) is 3.74. The lowest BCUT2D eigenvalue weighted by atomic mass is 10.2. The van der Waals surface area contributed by atoms with Crippen molar-refractivity contribution in [1.29, 1.82) is 0 Å². The first-order chi connectivity index (χ1) is 8.77. The highest BCUT2D eigenvalue weighted by Gasteiger charge is 2.27. The molecule has 0 aromatic carbocycles. The summed E-state index contributed by atoms with van der Waals surface area (Å²) in [5.74, 6) is 0.801. The highest BCUT2D eigenvalue weighted by molar-refractivity contribution is 8.13. The molecule has 2 heterocycles. The monoisotopic (exact) mass is 303 g/mol. The van der Waals surface area contributed by atoms with E-state index in [4.69, 9.17) is 15.1 Å². The van der Waals surface area contributed by atoms with Gasteiger partial charge in [0.1, 0.15) is 10.6 Å². The number of aromatic nitrogens is 3. The van der Waals surface area contributed by atoms with Gasteiger partial charge in [0.2, 0.25) is 5.89 Å². The molecule has 104 valence electrons. The van der Waals surface area contributed by atoms with E-state index in [-0.39, 0.29) is 4.90 Å². The van der Waals surface area contributed by atoms with Gasteiger partial charge in [0.05, 0.1) is 0 Å². The molecule has 2 rings (SSSR count). The van der Waals surface area contributed by atoms with Crippen molar-refractivity contribution in [2.45, 2.75) is 32.1 Å². The number of aryl methyl sites for hydroxylation is 1. The van der Waals surface area contributed by atoms with Crippen LogP contribution in [0.15, 0.2) is 9.31 Å². The lowest BCUT2D eigenvalue weighted by molar-refractivity contribution is 0.508. The Kier molecular flexibility index (Phi) is 3.44. The predicted molar refractivity (Wildman–Crippen MR) is 70.6 cm³/mol. The molecule has 19 heavy (non-hydrogen) atoms. The molecule has 6 nitrogen and oxygen atoms in total. The Morgan fingerprint density at radius 3 is 2.37 bits per heavy atom. The molecular formula is C11H14ClN3O3S. The fourth-order valence-electron chi connectivity index (χ4n) is 2.11. The molecule has 0 N–H and O–H groups in total. The van der Waals surface area contributed by atoms with Gasteiger partial charge in [-0.2, -0.15) is 0 Å². The van der Waals surface area contributed by atoms with E-state index in [1.54, 1.807) is 25.5 Å². The van der Waals surface area contributed by atoms with Crippen LogP contribution >= 0.6 is 10.7 Å². The van der Waals surface area contributed by atoms with Crippen LogP contribution in [0.3, 0.4) is 0 Å². The Bertz CT molecular complexity index is 731. The molecule has 0 fully saturated rings. The zero-order valence-corrected chi connectivity index (χ0v) is 12.6. The summed E-state index contributed by atoms with van der Waals surface area (Å²) in [5.41, 5.74) is 1.63. The number of hydrogen-bond acceptors (Lipinski definition) is 5. The van der Waals surface area contributed by atoms with E-state index in [0.29, 0.717) is 35.2 Å². The molecule has 0 saturated carbocycles. The third kappa shape index (κ3) is 2.28. The molecule has 0 amide bonds. The standard InChI is InChI=1S/C11H14ClN3O3S/c1-5-8-13-14-11(18-8)9-6(2)10(19(12,16)17)7(3)15(9)4/h5H2,1-4H3. The van der Waals surface area contributed by atoms with Gasteiger partial charge in [0.15, 0.2) is 0 Å². The van der Waals surface area contributed by atoms with E-state index in [1.165, 1.54) is 0 Å². The van der Waals surface area contributed by atoms with Crippen LogP contribution < -0.4 is 0 Å². The Hall–Kier alpha value is -1.34. The van der Waals surface area contributed by atoms with Crippen LogP contribution in [0.2, 0.25) is 0 Å². The van der Waals surface area contributed by atoms with Crippen LogP contribution in [0.5, 0.6) is 0 Å². The Labute approximate surface area is 115 Å². The van der Waals surface area contributed by atoms with Gasteiger partial charge >= 0.3 is 0 Å². The number of rotatable bonds is 3. The van der Waals surface area contributed by atoms with Crippen molar-refractivity contribution in [2.24, 2.45) is 7.05 Å². The second-order valence-corrected chi connectivity index (χ2v) is 6.74. The first-order valence-electron chi connectivity index (χ1n) is 5.70. The first-order valence-corrected chi connectivity index (χ1v) is 8.01. The quantitative estimate of drug-likeness (QED) is 0.812. The molecule has 0 atom stereocenters. The van der Waals surface area contributed by atoms with Crippen molar-refractivity contribution in [3.05, 3.63) is 17.1 Å². The first kappa shape index (κ1) is 14.1. The third-order valence-corrected chi connectivity index (χ3v) is 4.63. The number of hydrogen-bond donors (Lipinski definition) is 0. The van der Waals surface area contributed by atoms with Crippen LogP contribution in [-0.4, -0.2) is 23.2 Å². The average Bonchev–Trinajstić information content (AvgIpc) is 2.83. The fraction of sp³-hybridized carbons (Fsp3) is 0.455. The summed E-state index contributed by atoms with van der Waals surface area (Å²) in [5, 5.41) is 7.82. The molecule has 0 bridgehead atoms. The van der Waals surface area contributed by atoms with Crippen molar-refractivity contribution in [3.63, 3.8) is 0 Å². The Morgan fingerprint density at radius 1 is 1.32 bits per heavy atom. The van der Waals surface area contributed by atoms with Gasteiger partial charge in [-0.3, -0.25) is 0 Å². The largest absolute Gasteiger partial charge is 0.419 e. The van der Waals surface area contributed by atoms with Crippen molar-refractivity contribution in [1.82, 2.24) is 14.8 Å².